The van der Waals surface area contributed by atoms with Crippen LogP contribution in [0, 0.1) is 17.2 Å². The molecule has 0 spiro atoms. The van der Waals surface area contributed by atoms with E-state index >= 15 is 0 Å². The van der Waals surface area contributed by atoms with Gasteiger partial charge in [0.15, 0.2) is 16.7 Å². The second-order valence-corrected chi connectivity index (χ2v) is 6.92. The minimum atomic E-state index is -0.167. The molecule has 0 radical (unpaired) electrons. The third-order valence-electron chi connectivity index (χ3n) is 4.05. The molecular weight excluding hydrogens is 362 g/mol. The minimum absolute atomic E-state index is 0.155. The van der Waals surface area contributed by atoms with Crippen LogP contribution in [0.1, 0.15) is 6.92 Å². The van der Waals surface area contributed by atoms with Crippen molar-refractivity contribution < 1.29 is 9.47 Å². The fourth-order valence-electron chi connectivity index (χ4n) is 2.64. The predicted molar refractivity (Wildman–Crippen MR) is 106 cm³/mol. The average Bonchev–Trinajstić information content (AvgIpc) is 2.71. The maximum Gasteiger partial charge on any atom is 0.266 e. The molecule has 1 aromatic heterocycles. The number of benzene rings is 2. The van der Waals surface area contributed by atoms with E-state index in [-0.39, 0.29) is 11.5 Å². The van der Waals surface area contributed by atoms with Gasteiger partial charge in [-0.15, -0.1) is 0 Å². The van der Waals surface area contributed by atoms with Crippen LogP contribution in [0.4, 0.5) is 0 Å². The number of thioether (sulfide) groups is 1. The second kappa shape index (κ2) is 8.14. The zero-order chi connectivity index (χ0) is 19.4. The summed E-state index contributed by atoms with van der Waals surface area (Å²) in [5.74, 6) is 1.48. The summed E-state index contributed by atoms with van der Waals surface area (Å²) in [6, 6.07) is 14.7. The van der Waals surface area contributed by atoms with E-state index in [1.165, 1.54) is 11.8 Å². The van der Waals surface area contributed by atoms with Crippen molar-refractivity contribution in [1.82, 2.24) is 9.55 Å². The summed E-state index contributed by atoms with van der Waals surface area (Å²) < 4.78 is 12.2. The van der Waals surface area contributed by atoms with Crippen LogP contribution in [-0.2, 0) is 0 Å². The molecule has 0 unspecified atom stereocenters. The van der Waals surface area contributed by atoms with Crippen molar-refractivity contribution in [2.24, 2.45) is 5.92 Å². The highest BCUT2D eigenvalue weighted by Crippen LogP contribution is 2.31. The van der Waals surface area contributed by atoms with Crippen molar-refractivity contribution in [3.05, 3.63) is 52.8 Å². The maximum atomic E-state index is 13.2. The molecule has 7 heteroatoms. The predicted octanol–water partition coefficient (Wildman–Crippen LogP) is 3.65. The van der Waals surface area contributed by atoms with Gasteiger partial charge in [-0.05, 0) is 31.2 Å². The summed E-state index contributed by atoms with van der Waals surface area (Å²) in [5.41, 5.74) is 1.09. The first-order valence-electron chi connectivity index (χ1n) is 8.35. The van der Waals surface area contributed by atoms with Gasteiger partial charge in [0, 0.05) is 11.8 Å². The smallest absolute Gasteiger partial charge is 0.266 e. The number of rotatable bonds is 6. The highest BCUT2D eigenvalue weighted by atomic mass is 32.2. The molecule has 0 fully saturated rings. The van der Waals surface area contributed by atoms with Gasteiger partial charge in [-0.2, -0.15) is 5.26 Å². The van der Waals surface area contributed by atoms with Gasteiger partial charge < -0.3 is 9.47 Å². The van der Waals surface area contributed by atoms with Gasteiger partial charge in [-0.1, -0.05) is 23.9 Å². The normalized spacial score (nSPS) is 11.8. The van der Waals surface area contributed by atoms with Crippen LogP contribution in [0.5, 0.6) is 11.5 Å². The Kier molecular flexibility index (Phi) is 5.67. The molecule has 0 saturated heterocycles. The second-order valence-electron chi connectivity index (χ2n) is 5.93. The number of hydrogen-bond acceptors (Lipinski definition) is 6. The zero-order valence-electron chi connectivity index (χ0n) is 15.3. The Morgan fingerprint density at radius 3 is 2.63 bits per heavy atom. The minimum Gasteiger partial charge on any atom is -0.493 e. The molecule has 1 atom stereocenters. The molecule has 138 valence electrons. The molecule has 0 saturated carbocycles. The Hall–Kier alpha value is -2.98. The fraction of sp³-hybridized carbons (Fsp3) is 0.250. The van der Waals surface area contributed by atoms with Crippen LogP contribution in [-0.4, -0.2) is 29.5 Å². The molecule has 3 rings (SSSR count). The van der Waals surface area contributed by atoms with Crippen molar-refractivity contribution in [1.29, 1.82) is 5.26 Å². The Morgan fingerprint density at radius 1 is 1.19 bits per heavy atom. The summed E-state index contributed by atoms with van der Waals surface area (Å²) >= 11 is 1.38. The summed E-state index contributed by atoms with van der Waals surface area (Å²) in [7, 11) is 3.11. The molecule has 27 heavy (non-hydrogen) atoms. The van der Waals surface area contributed by atoms with Crippen LogP contribution in [0.25, 0.3) is 16.6 Å². The lowest BCUT2D eigenvalue weighted by atomic mass is 10.2. The molecule has 0 aliphatic carbocycles. The topological polar surface area (TPSA) is 77.1 Å². The number of hydrogen-bond donors (Lipinski definition) is 0. The molecule has 0 bridgehead atoms. The first kappa shape index (κ1) is 18.8. The highest BCUT2D eigenvalue weighted by Gasteiger charge is 2.16. The van der Waals surface area contributed by atoms with Crippen molar-refractivity contribution in [3.63, 3.8) is 0 Å². The summed E-state index contributed by atoms with van der Waals surface area (Å²) in [6.07, 6.45) is 0. The molecule has 0 aliphatic rings. The lowest BCUT2D eigenvalue weighted by Gasteiger charge is -2.15. The molecule has 3 aromatic rings. The average molecular weight is 381 g/mol. The largest absolute Gasteiger partial charge is 0.493 e. The van der Waals surface area contributed by atoms with E-state index in [1.807, 2.05) is 25.1 Å². The van der Waals surface area contributed by atoms with Gasteiger partial charge in [0.05, 0.1) is 42.8 Å². The number of methoxy groups -OCH3 is 2. The fourth-order valence-corrected chi connectivity index (χ4v) is 3.59. The lowest BCUT2D eigenvalue weighted by Crippen LogP contribution is -2.22. The first-order valence-corrected chi connectivity index (χ1v) is 9.34. The third-order valence-corrected chi connectivity index (χ3v) is 5.25. The SMILES string of the molecule is COc1ccc(-n2c(SC[C@@H](C)C#N)nc3ccccc3c2=O)cc1OC. The van der Waals surface area contributed by atoms with Crippen LogP contribution >= 0.6 is 11.8 Å². The summed E-state index contributed by atoms with van der Waals surface area (Å²) in [6.45, 7) is 1.84. The Morgan fingerprint density at radius 2 is 1.93 bits per heavy atom. The van der Waals surface area contributed by atoms with Crippen molar-refractivity contribution >= 4 is 22.7 Å². The van der Waals surface area contributed by atoms with Crippen molar-refractivity contribution in [3.8, 4) is 23.3 Å². The van der Waals surface area contributed by atoms with Crippen LogP contribution in [0.3, 0.4) is 0 Å². The van der Waals surface area contributed by atoms with Gasteiger partial charge >= 0.3 is 0 Å². The number of ether oxygens (including phenoxy) is 2. The zero-order valence-corrected chi connectivity index (χ0v) is 16.1. The molecule has 0 N–H and O–H groups in total. The van der Waals surface area contributed by atoms with Crippen molar-refractivity contribution in [2.45, 2.75) is 12.1 Å². The monoisotopic (exact) mass is 381 g/mol. The lowest BCUT2D eigenvalue weighted by molar-refractivity contribution is 0.354. The van der Waals surface area contributed by atoms with E-state index in [9.17, 15) is 4.79 Å². The molecule has 0 amide bonds. The number of aromatic nitrogens is 2. The van der Waals surface area contributed by atoms with E-state index < -0.39 is 0 Å². The summed E-state index contributed by atoms with van der Waals surface area (Å²) in [4.78, 5) is 17.9. The first-order chi connectivity index (χ1) is 13.1. The van der Waals surface area contributed by atoms with Crippen molar-refractivity contribution in [2.75, 3.05) is 20.0 Å². The quantitative estimate of drug-likeness (QED) is 0.479. The van der Waals surface area contributed by atoms with E-state index in [2.05, 4.69) is 11.1 Å². The van der Waals surface area contributed by atoms with Crippen LogP contribution in [0.2, 0.25) is 0 Å². The van der Waals surface area contributed by atoms with E-state index in [0.717, 1.165) is 0 Å². The summed E-state index contributed by atoms with van der Waals surface area (Å²) in [5, 5.41) is 10.1. The highest BCUT2D eigenvalue weighted by molar-refractivity contribution is 7.99. The number of fused-ring (bicyclic) bond motifs is 1. The molecule has 6 nitrogen and oxygen atoms in total. The third kappa shape index (κ3) is 3.76. The Balaban J connectivity index is 2.22. The Labute approximate surface area is 161 Å². The standard InChI is InChI=1S/C20H19N3O3S/c1-13(11-21)12-27-20-22-16-7-5-4-6-15(16)19(24)23(20)14-8-9-17(25-2)18(10-14)26-3/h4-10,13H,12H2,1-3H3/t13-/m0/s1. The van der Waals surface area contributed by atoms with Crippen LogP contribution in [0.15, 0.2) is 52.4 Å². The number of para-hydroxylation sites is 1. The van der Waals surface area contributed by atoms with E-state index in [4.69, 9.17) is 14.7 Å². The van der Waals surface area contributed by atoms with Gasteiger partial charge in [-0.25, -0.2) is 4.98 Å². The van der Waals surface area contributed by atoms with Gasteiger partial charge in [0.1, 0.15) is 0 Å². The Bertz CT molecular complexity index is 1070. The van der Waals surface area contributed by atoms with Gasteiger partial charge in [0.25, 0.3) is 5.56 Å². The molecule has 2 aromatic carbocycles. The maximum absolute atomic E-state index is 13.2. The van der Waals surface area contributed by atoms with Crippen LogP contribution < -0.4 is 15.0 Å². The van der Waals surface area contributed by atoms with E-state index in [0.29, 0.717) is 39.0 Å². The molecule has 1 heterocycles. The number of nitrogens with zero attached hydrogens (tertiary/aromatic N) is 3. The number of nitriles is 1. The van der Waals surface area contributed by atoms with E-state index in [1.54, 1.807) is 43.1 Å². The molecular formula is C20H19N3O3S. The molecule has 0 aliphatic heterocycles. The van der Waals surface area contributed by atoms with Gasteiger partial charge in [0.2, 0.25) is 0 Å². The van der Waals surface area contributed by atoms with Gasteiger partial charge in [-0.3, -0.25) is 9.36 Å².